The Bertz CT molecular complexity index is 747. The Labute approximate surface area is 148 Å². The molecule has 25 heavy (non-hydrogen) atoms. The molecule has 0 aromatic heterocycles. The van der Waals surface area contributed by atoms with Crippen LogP contribution < -0.4 is 4.74 Å². The normalized spacial score (nSPS) is 10.3. The summed E-state index contributed by atoms with van der Waals surface area (Å²) in [5, 5.41) is 8.70. The van der Waals surface area contributed by atoms with Gasteiger partial charge in [-0.25, -0.2) is 9.18 Å². The summed E-state index contributed by atoms with van der Waals surface area (Å²) in [4.78, 5) is 12.1. The molecule has 0 saturated carbocycles. The van der Waals surface area contributed by atoms with E-state index in [1.807, 2.05) is 12.1 Å². The second-order valence-corrected chi connectivity index (χ2v) is 6.00. The van der Waals surface area contributed by atoms with Crippen LogP contribution in [0.15, 0.2) is 42.5 Å². The largest absolute Gasteiger partial charge is 0.423 e. The monoisotopic (exact) mass is 339 g/mol. The van der Waals surface area contributed by atoms with Gasteiger partial charge in [0.2, 0.25) is 0 Å². The highest BCUT2D eigenvalue weighted by Gasteiger charge is 2.10. The van der Waals surface area contributed by atoms with Gasteiger partial charge >= 0.3 is 5.97 Å². The predicted octanol–water partition coefficient (Wildman–Crippen LogP) is 5.43. The number of hydrogen-bond acceptors (Lipinski definition) is 3. The molecule has 4 heteroatoms. The average molecular weight is 339 g/mol. The lowest BCUT2D eigenvalue weighted by atomic mass is 10.0. The number of benzene rings is 2. The van der Waals surface area contributed by atoms with E-state index in [0.717, 1.165) is 18.9 Å². The average Bonchev–Trinajstić information content (AvgIpc) is 2.62. The molecule has 2 aromatic carbocycles. The molecule has 0 unspecified atom stereocenters. The lowest BCUT2D eigenvalue weighted by Gasteiger charge is -2.06. The molecule has 0 aliphatic carbocycles. The van der Waals surface area contributed by atoms with E-state index in [9.17, 15) is 9.18 Å². The van der Waals surface area contributed by atoms with Crippen LogP contribution in [0.2, 0.25) is 0 Å². The van der Waals surface area contributed by atoms with Crippen molar-refractivity contribution < 1.29 is 13.9 Å². The highest BCUT2D eigenvalue weighted by molar-refractivity contribution is 5.91. The molecule has 0 bridgehead atoms. The number of ether oxygens (including phenoxy) is 1. The zero-order valence-corrected chi connectivity index (χ0v) is 14.4. The molecule has 0 N–H and O–H groups in total. The molecule has 3 nitrogen and oxygen atoms in total. The summed E-state index contributed by atoms with van der Waals surface area (Å²) in [5.74, 6) is -1.16. The smallest absolute Gasteiger partial charge is 0.343 e. The molecule has 2 rings (SSSR count). The molecule has 0 spiro atoms. The molecular formula is C21H22FNO2. The van der Waals surface area contributed by atoms with Crippen LogP contribution in [0.5, 0.6) is 5.75 Å². The number of nitriles is 1. The Morgan fingerprint density at radius 1 is 1.08 bits per heavy atom. The minimum absolute atomic E-state index is 0.0805. The summed E-state index contributed by atoms with van der Waals surface area (Å²) in [5.41, 5.74) is 1.53. The van der Waals surface area contributed by atoms with E-state index in [2.05, 4.69) is 6.92 Å². The van der Waals surface area contributed by atoms with E-state index in [0.29, 0.717) is 5.56 Å². The van der Waals surface area contributed by atoms with Crippen LogP contribution in [0.1, 0.15) is 60.5 Å². The molecular weight excluding hydrogens is 317 g/mol. The second kappa shape index (κ2) is 9.58. The molecule has 0 atom stereocenters. The van der Waals surface area contributed by atoms with Crippen LogP contribution in [-0.2, 0) is 6.42 Å². The van der Waals surface area contributed by atoms with Crippen LogP contribution in [0.4, 0.5) is 4.39 Å². The van der Waals surface area contributed by atoms with Gasteiger partial charge in [0.1, 0.15) is 17.6 Å². The zero-order valence-electron chi connectivity index (χ0n) is 14.4. The van der Waals surface area contributed by atoms with Gasteiger partial charge in [0.25, 0.3) is 0 Å². The number of esters is 1. The van der Waals surface area contributed by atoms with Gasteiger partial charge < -0.3 is 4.74 Å². The van der Waals surface area contributed by atoms with Gasteiger partial charge in [-0.2, -0.15) is 5.26 Å². The first-order chi connectivity index (χ1) is 12.1. The van der Waals surface area contributed by atoms with E-state index in [-0.39, 0.29) is 11.3 Å². The van der Waals surface area contributed by atoms with Crippen LogP contribution >= 0.6 is 0 Å². The van der Waals surface area contributed by atoms with Crippen molar-refractivity contribution in [2.75, 3.05) is 0 Å². The molecule has 0 fully saturated rings. The number of rotatable bonds is 8. The molecule has 130 valence electrons. The number of nitrogens with zero attached hydrogens (tertiary/aromatic N) is 1. The van der Waals surface area contributed by atoms with Crippen molar-refractivity contribution in [1.82, 2.24) is 0 Å². The molecule has 0 aliphatic rings. The minimum atomic E-state index is -0.703. The van der Waals surface area contributed by atoms with Crippen molar-refractivity contribution in [3.63, 3.8) is 0 Å². The van der Waals surface area contributed by atoms with Crippen molar-refractivity contribution in [3.05, 3.63) is 65.0 Å². The maximum Gasteiger partial charge on any atom is 0.343 e. The van der Waals surface area contributed by atoms with Crippen molar-refractivity contribution in [2.45, 2.75) is 45.4 Å². The molecule has 0 saturated heterocycles. The van der Waals surface area contributed by atoms with Gasteiger partial charge in [0.05, 0.1) is 11.1 Å². The molecule has 0 amide bonds. The van der Waals surface area contributed by atoms with Crippen LogP contribution in [0, 0.1) is 17.1 Å². The number of aryl methyl sites for hydroxylation is 1. The molecule has 2 aromatic rings. The summed E-state index contributed by atoms with van der Waals surface area (Å²) in [7, 11) is 0. The lowest BCUT2D eigenvalue weighted by molar-refractivity contribution is 0.0734. The quantitative estimate of drug-likeness (QED) is 0.366. The third-order valence-electron chi connectivity index (χ3n) is 4.03. The van der Waals surface area contributed by atoms with Gasteiger partial charge in [-0.3, -0.25) is 0 Å². The van der Waals surface area contributed by atoms with Gasteiger partial charge in [-0.05, 0) is 42.7 Å². The number of carbonyl (C=O) groups is 1. The Morgan fingerprint density at radius 3 is 2.44 bits per heavy atom. The number of unbranched alkanes of at least 4 members (excludes halogenated alkanes) is 4. The Kier molecular flexibility index (Phi) is 7.16. The minimum Gasteiger partial charge on any atom is -0.423 e. The zero-order chi connectivity index (χ0) is 18.1. The molecule has 0 aliphatic heterocycles. The van der Waals surface area contributed by atoms with E-state index in [1.165, 1.54) is 43.4 Å². The van der Waals surface area contributed by atoms with E-state index < -0.39 is 11.8 Å². The maximum atomic E-state index is 13.5. The first-order valence-corrected chi connectivity index (χ1v) is 8.65. The fourth-order valence-electron chi connectivity index (χ4n) is 2.56. The first kappa shape index (κ1) is 18.7. The van der Waals surface area contributed by atoms with Crippen molar-refractivity contribution in [2.24, 2.45) is 0 Å². The molecule has 0 radical (unpaired) electrons. The van der Waals surface area contributed by atoms with E-state index in [1.54, 1.807) is 18.2 Å². The first-order valence-electron chi connectivity index (χ1n) is 8.65. The number of carbonyl (C=O) groups excluding carboxylic acids is 1. The summed E-state index contributed by atoms with van der Waals surface area (Å²) in [6.07, 6.45) is 7.15. The summed E-state index contributed by atoms with van der Waals surface area (Å²) < 4.78 is 18.7. The Hall–Kier alpha value is -2.67. The van der Waals surface area contributed by atoms with E-state index in [4.69, 9.17) is 10.00 Å². The molecule has 0 heterocycles. The summed E-state index contributed by atoms with van der Waals surface area (Å²) in [6, 6.07) is 12.8. The van der Waals surface area contributed by atoms with Gasteiger partial charge in [-0.15, -0.1) is 0 Å². The van der Waals surface area contributed by atoms with Crippen molar-refractivity contribution >= 4 is 5.97 Å². The Balaban J connectivity index is 1.89. The van der Waals surface area contributed by atoms with E-state index >= 15 is 0 Å². The van der Waals surface area contributed by atoms with Gasteiger partial charge in [0.15, 0.2) is 0 Å². The standard InChI is InChI=1S/C21H22FNO2/c1-2-3-4-5-6-7-16-8-10-17(11-9-16)21(24)25-19-13-12-18(15-23)20(22)14-19/h8-14H,2-7H2,1H3. The van der Waals surface area contributed by atoms with Crippen molar-refractivity contribution in [1.29, 1.82) is 5.26 Å². The highest BCUT2D eigenvalue weighted by atomic mass is 19.1. The second-order valence-electron chi connectivity index (χ2n) is 6.00. The predicted molar refractivity (Wildman–Crippen MR) is 95.0 cm³/mol. The van der Waals surface area contributed by atoms with Crippen molar-refractivity contribution in [3.8, 4) is 11.8 Å². The fraction of sp³-hybridized carbons (Fsp3) is 0.333. The summed E-state index contributed by atoms with van der Waals surface area (Å²) >= 11 is 0. The van der Waals surface area contributed by atoms with Gasteiger partial charge in [-0.1, -0.05) is 44.7 Å². The van der Waals surface area contributed by atoms with Crippen LogP contribution in [0.3, 0.4) is 0 Å². The summed E-state index contributed by atoms with van der Waals surface area (Å²) in [6.45, 7) is 2.20. The SMILES string of the molecule is CCCCCCCc1ccc(C(=O)Oc2ccc(C#N)c(F)c2)cc1. The topological polar surface area (TPSA) is 50.1 Å². The number of hydrogen-bond donors (Lipinski definition) is 0. The lowest BCUT2D eigenvalue weighted by Crippen LogP contribution is -2.08. The van der Waals surface area contributed by atoms with Crippen LogP contribution in [0.25, 0.3) is 0 Å². The highest BCUT2D eigenvalue weighted by Crippen LogP contribution is 2.18. The van der Waals surface area contributed by atoms with Gasteiger partial charge in [0, 0.05) is 6.07 Å². The number of halogens is 1. The van der Waals surface area contributed by atoms with Crippen LogP contribution in [-0.4, -0.2) is 5.97 Å². The third kappa shape index (κ3) is 5.72. The Morgan fingerprint density at radius 2 is 1.80 bits per heavy atom. The maximum absolute atomic E-state index is 13.5. The third-order valence-corrected chi connectivity index (χ3v) is 4.03. The fourth-order valence-corrected chi connectivity index (χ4v) is 2.56.